The molecule has 0 unspecified atom stereocenters. The van der Waals surface area contributed by atoms with Crippen LogP contribution in [0.25, 0.3) is 0 Å². The van der Waals surface area contributed by atoms with E-state index >= 15 is 0 Å². The number of rotatable bonds is 5. The third-order valence-corrected chi connectivity index (χ3v) is 6.02. The highest BCUT2D eigenvalue weighted by atomic mass is 35.5. The van der Waals surface area contributed by atoms with Gasteiger partial charge in [-0.3, -0.25) is 9.59 Å². The number of hydrogen-bond acceptors (Lipinski definition) is 4. The lowest BCUT2D eigenvalue weighted by atomic mass is 9.96. The zero-order valence-corrected chi connectivity index (χ0v) is 19.2. The number of anilines is 2. The summed E-state index contributed by atoms with van der Waals surface area (Å²) in [6.45, 7) is 5.72. The molecule has 0 aliphatic carbocycles. The number of halogens is 2. The van der Waals surface area contributed by atoms with Crippen molar-refractivity contribution in [2.24, 2.45) is 0 Å². The molecule has 0 aromatic heterocycles. The summed E-state index contributed by atoms with van der Waals surface area (Å²) in [6, 6.07) is 14.7. The molecule has 1 heterocycles. The van der Waals surface area contributed by atoms with E-state index in [2.05, 4.69) is 5.32 Å². The van der Waals surface area contributed by atoms with Crippen LogP contribution in [-0.4, -0.2) is 42.9 Å². The Labute approximate surface area is 197 Å². The number of morpholine rings is 1. The SMILES string of the molecule is Cc1cc(F)ccc1Nc1ccc(C(=O)c2cc(C(=O)N3CCOCC3)ccc2C)c(Cl)c1. The molecule has 0 atom stereocenters. The average molecular weight is 467 g/mol. The van der Waals surface area contributed by atoms with Gasteiger partial charge in [-0.2, -0.15) is 0 Å². The number of amides is 1. The van der Waals surface area contributed by atoms with Crippen molar-refractivity contribution in [3.63, 3.8) is 0 Å². The summed E-state index contributed by atoms with van der Waals surface area (Å²) in [7, 11) is 0. The van der Waals surface area contributed by atoms with Crippen LogP contribution in [0.4, 0.5) is 15.8 Å². The van der Waals surface area contributed by atoms with Gasteiger partial charge in [-0.1, -0.05) is 17.7 Å². The molecule has 170 valence electrons. The predicted molar refractivity (Wildman–Crippen MR) is 127 cm³/mol. The molecule has 3 aromatic rings. The van der Waals surface area contributed by atoms with Crippen LogP contribution in [0, 0.1) is 19.7 Å². The van der Waals surface area contributed by atoms with Crippen LogP contribution < -0.4 is 5.32 Å². The van der Waals surface area contributed by atoms with Crippen molar-refractivity contribution in [2.75, 3.05) is 31.6 Å². The standard InChI is InChI=1S/C26H24ClFN2O3/c1-16-3-4-18(26(32)30-9-11-33-12-10-30)14-22(16)25(31)21-7-6-20(15-23(21)27)29-24-8-5-19(28)13-17(24)2/h3-8,13-15,29H,9-12H2,1-2H3. The maximum atomic E-state index is 13.4. The number of ether oxygens (including phenoxy) is 1. The minimum Gasteiger partial charge on any atom is -0.378 e. The monoisotopic (exact) mass is 466 g/mol. The molecule has 4 rings (SSSR count). The maximum absolute atomic E-state index is 13.4. The molecular weight excluding hydrogens is 443 g/mol. The van der Waals surface area contributed by atoms with Gasteiger partial charge in [0.1, 0.15) is 5.82 Å². The van der Waals surface area contributed by atoms with Gasteiger partial charge in [0.2, 0.25) is 0 Å². The first-order valence-corrected chi connectivity index (χ1v) is 11.1. The Morgan fingerprint density at radius 3 is 2.39 bits per heavy atom. The molecular formula is C26H24ClFN2O3. The third kappa shape index (κ3) is 5.07. The van der Waals surface area contributed by atoms with Crippen LogP contribution in [0.1, 0.15) is 37.4 Å². The van der Waals surface area contributed by atoms with Crippen LogP contribution in [0.15, 0.2) is 54.6 Å². The normalized spacial score (nSPS) is 13.6. The van der Waals surface area contributed by atoms with Gasteiger partial charge >= 0.3 is 0 Å². The van der Waals surface area contributed by atoms with Crippen molar-refractivity contribution >= 4 is 34.7 Å². The molecule has 3 aromatic carbocycles. The molecule has 7 heteroatoms. The van der Waals surface area contributed by atoms with Gasteiger partial charge in [0.15, 0.2) is 5.78 Å². The van der Waals surface area contributed by atoms with E-state index in [-0.39, 0.29) is 22.5 Å². The van der Waals surface area contributed by atoms with Crippen molar-refractivity contribution in [3.8, 4) is 0 Å². The van der Waals surface area contributed by atoms with Gasteiger partial charge in [0.25, 0.3) is 5.91 Å². The number of benzene rings is 3. The number of carbonyl (C=O) groups is 2. The van der Waals surface area contributed by atoms with Gasteiger partial charge in [-0.15, -0.1) is 0 Å². The van der Waals surface area contributed by atoms with Crippen LogP contribution in [0.3, 0.4) is 0 Å². The van der Waals surface area contributed by atoms with E-state index in [0.717, 1.165) is 16.8 Å². The number of aryl methyl sites for hydroxylation is 2. The molecule has 5 nitrogen and oxygen atoms in total. The van der Waals surface area contributed by atoms with E-state index in [9.17, 15) is 14.0 Å². The van der Waals surface area contributed by atoms with Crippen molar-refractivity contribution in [3.05, 3.63) is 93.3 Å². The summed E-state index contributed by atoms with van der Waals surface area (Å²) in [4.78, 5) is 27.9. The lowest BCUT2D eigenvalue weighted by molar-refractivity contribution is 0.0303. The molecule has 1 aliphatic rings. The van der Waals surface area contributed by atoms with Crippen LogP contribution in [-0.2, 0) is 4.74 Å². The van der Waals surface area contributed by atoms with Crippen molar-refractivity contribution in [1.82, 2.24) is 4.90 Å². The zero-order chi connectivity index (χ0) is 23.5. The van der Waals surface area contributed by atoms with Crippen LogP contribution >= 0.6 is 11.6 Å². The Morgan fingerprint density at radius 2 is 1.70 bits per heavy atom. The maximum Gasteiger partial charge on any atom is 0.254 e. The number of hydrogen-bond donors (Lipinski definition) is 1. The smallest absolute Gasteiger partial charge is 0.254 e. The van der Waals surface area contributed by atoms with E-state index in [1.54, 1.807) is 54.3 Å². The Bertz CT molecular complexity index is 1220. The largest absolute Gasteiger partial charge is 0.378 e. The third-order valence-electron chi connectivity index (χ3n) is 5.71. The van der Waals surface area contributed by atoms with Crippen molar-refractivity contribution in [1.29, 1.82) is 0 Å². The molecule has 1 aliphatic heterocycles. The average Bonchev–Trinajstić information content (AvgIpc) is 2.81. The molecule has 1 saturated heterocycles. The second-order valence-corrected chi connectivity index (χ2v) is 8.45. The minimum atomic E-state index is -0.304. The molecule has 0 spiro atoms. The van der Waals surface area contributed by atoms with Gasteiger partial charge in [-0.05, 0) is 73.5 Å². The van der Waals surface area contributed by atoms with Crippen molar-refractivity contribution < 1.29 is 18.7 Å². The van der Waals surface area contributed by atoms with E-state index in [1.165, 1.54) is 12.1 Å². The summed E-state index contributed by atoms with van der Waals surface area (Å²) in [5.41, 5.74) is 4.19. The van der Waals surface area contributed by atoms with E-state index < -0.39 is 0 Å². The summed E-state index contributed by atoms with van der Waals surface area (Å²) in [6.07, 6.45) is 0. The molecule has 0 bridgehead atoms. The summed E-state index contributed by atoms with van der Waals surface area (Å²) in [5.74, 6) is -0.673. The molecule has 1 fully saturated rings. The van der Waals surface area contributed by atoms with E-state index in [1.807, 2.05) is 6.92 Å². The lowest BCUT2D eigenvalue weighted by Crippen LogP contribution is -2.40. The summed E-state index contributed by atoms with van der Waals surface area (Å²) >= 11 is 6.47. The predicted octanol–water partition coefficient (Wildman–Crippen LogP) is 5.54. The fourth-order valence-corrected chi connectivity index (χ4v) is 4.06. The highest BCUT2D eigenvalue weighted by Gasteiger charge is 2.22. The number of nitrogens with one attached hydrogen (secondary N) is 1. The quantitative estimate of drug-likeness (QED) is 0.501. The molecule has 1 amide bonds. The molecule has 0 radical (unpaired) electrons. The highest BCUT2D eigenvalue weighted by molar-refractivity contribution is 6.35. The summed E-state index contributed by atoms with van der Waals surface area (Å²) < 4.78 is 18.7. The van der Waals surface area contributed by atoms with Crippen LogP contribution in [0.2, 0.25) is 5.02 Å². The Balaban J connectivity index is 1.58. The summed E-state index contributed by atoms with van der Waals surface area (Å²) in [5, 5.41) is 3.48. The van der Waals surface area contributed by atoms with Crippen LogP contribution in [0.5, 0.6) is 0 Å². The first kappa shape index (κ1) is 23.0. The second kappa shape index (κ2) is 9.73. The molecule has 0 saturated carbocycles. The van der Waals surface area contributed by atoms with E-state index in [0.29, 0.717) is 48.7 Å². The molecule has 1 N–H and O–H groups in total. The number of carbonyl (C=O) groups excluding carboxylic acids is 2. The number of ketones is 1. The fourth-order valence-electron chi connectivity index (χ4n) is 3.79. The van der Waals surface area contributed by atoms with Gasteiger partial charge in [0.05, 0.1) is 18.2 Å². The first-order valence-electron chi connectivity index (χ1n) is 10.7. The topological polar surface area (TPSA) is 58.6 Å². The first-order chi connectivity index (χ1) is 15.8. The highest BCUT2D eigenvalue weighted by Crippen LogP contribution is 2.28. The Kier molecular flexibility index (Phi) is 6.77. The zero-order valence-electron chi connectivity index (χ0n) is 18.5. The minimum absolute atomic E-state index is 0.118. The van der Waals surface area contributed by atoms with E-state index in [4.69, 9.17) is 16.3 Å². The van der Waals surface area contributed by atoms with Gasteiger partial charge in [-0.25, -0.2) is 4.39 Å². The fraction of sp³-hybridized carbons (Fsp3) is 0.231. The Morgan fingerprint density at radius 1 is 0.939 bits per heavy atom. The van der Waals surface area contributed by atoms with Crippen molar-refractivity contribution in [2.45, 2.75) is 13.8 Å². The second-order valence-electron chi connectivity index (χ2n) is 8.04. The van der Waals surface area contributed by atoms with Gasteiger partial charge < -0.3 is 15.0 Å². The number of nitrogens with zero attached hydrogens (tertiary/aromatic N) is 1. The molecule has 33 heavy (non-hydrogen) atoms. The Hall–Kier alpha value is -3.22. The lowest BCUT2D eigenvalue weighted by Gasteiger charge is -2.27. The van der Waals surface area contributed by atoms with Gasteiger partial charge in [0, 0.05) is 41.2 Å².